The summed E-state index contributed by atoms with van der Waals surface area (Å²) in [4.78, 5) is 0. The number of rotatable bonds is 2. The fourth-order valence-corrected chi connectivity index (χ4v) is 8.45. The lowest BCUT2D eigenvalue weighted by Crippen LogP contribution is -2.56. The SMILES string of the molecule is CCCC1Cc2cc(C)ccc2C2CC[C@@]3(C)C(C[C@H]4CC[C@H](O)C[C@]43O)C12. The first-order valence-electron chi connectivity index (χ1n) is 11.9. The first kappa shape index (κ1) is 19.1. The highest BCUT2D eigenvalue weighted by Gasteiger charge is 2.67. The molecule has 0 aliphatic heterocycles. The largest absolute Gasteiger partial charge is 0.393 e. The highest BCUT2D eigenvalue weighted by atomic mass is 16.3. The van der Waals surface area contributed by atoms with Crippen molar-refractivity contribution in [1.29, 1.82) is 0 Å². The number of hydrogen-bond donors (Lipinski definition) is 2. The first-order valence-corrected chi connectivity index (χ1v) is 11.9. The Bertz CT molecular complexity index is 757. The zero-order valence-electron chi connectivity index (χ0n) is 18.0. The van der Waals surface area contributed by atoms with Crippen LogP contribution in [0.1, 0.15) is 87.8 Å². The molecule has 2 nitrogen and oxygen atoms in total. The van der Waals surface area contributed by atoms with Crippen LogP contribution >= 0.6 is 0 Å². The molecule has 4 unspecified atom stereocenters. The molecule has 0 aromatic heterocycles. The molecule has 3 saturated carbocycles. The van der Waals surface area contributed by atoms with Gasteiger partial charge >= 0.3 is 0 Å². The van der Waals surface area contributed by atoms with E-state index in [1.807, 2.05) is 0 Å². The maximum absolute atomic E-state index is 11.9. The monoisotopic (exact) mass is 382 g/mol. The van der Waals surface area contributed by atoms with Gasteiger partial charge in [0.1, 0.15) is 0 Å². The average molecular weight is 383 g/mol. The van der Waals surface area contributed by atoms with Crippen molar-refractivity contribution in [3.05, 3.63) is 34.9 Å². The van der Waals surface area contributed by atoms with Gasteiger partial charge in [-0.2, -0.15) is 0 Å². The van der Waals surface area contributed by atoms with E-state index in [-0.39, 0.29) is 11.5 Å². The van der Waals surface area contributed by atoms with Crippen LogP contribution in [-0.4, -0.2) is 21.9 Å². The Kier molecular flexibility index (Phi) is 4.49. The number of aliphatic hydroxyl groups is 2. The van der Waals surface area contributed by atoms with Gasteiger partial charge in [-0.25, -0.2) is 0 Å². The predicted octanol–water partition coefficient (Wildman–Crippen LogP) is 5.38. The topological polar surface area (TPSA) is 40.5 Å². The van der Waals surface area contributed by atoms with Crippen LogP contribution in [0.3, 0.4) is 0 Å². The van der Waals surface area contributed by atoms with E-state index in [1.54, 1.807) is 11.1 Å². The smallest absolute Gasteiger partial charge is 0.0756 e. The third-order valence-corrected chi connectivity index (χ3v) is 9.70. The van der Waals surface area contributed by atoms with Crippen LogP contribution in [0.15, 0.2) is 18.2 Å². The van der Waals surface area contributed by atoms with Gasteiger partial charge in [0, 0.05) is 6.42 Å². The zero-order chi connectivity index (χ0) is 19.7. The molecule has 0 amide bonds. The minimum atomic E-state index is -0.648. The fraction of sp³-hybridized carbons (Fsp3) is 0.769. The van der Waals surface area contributed by atoms with E-state index < -0.39 is 5.60 Å². The number of hydrogen-bond acceptors (Lipinski definition) is 2. The Morgan fingerprint density at radius 1 is 1.18 bits per heavy atom. The van der Waals surface area contributed by atoms with Gasteiger partial charge in [-0.05, 0) is 91.6 Å². The Balaban J connectivity index is 1.57. The molecule has 3 fully saturated rings. The van der Waals surface area contributed by atoms with Crippen LogP contribution in [0.4, 0.5) is 0 Å². The molecule has 154 valence electrons. The van der Waals surface area contributed by atoms with Gasteiger partial charge in [-0.3, -0.25) is 0 Å². The van der Waals surface area contributed by atoms with Gasteiger partial charge in [0.2, 0.25) is 0 Å². The predicted molar refractivity (Wildman–Crippen MR) is 113 cm³/mol. The molecule has 5 rings (SSSR count). The Labute approximate surface area is 170 Å². The number of aryl methyl sites for hydroxylation is 1. The van der Waals surface area contributed by atoms with Crippen LogP contribution in [0.5, 0.6) is 0 Å². The molecule has 0 heterocycles. The van der Waals surface area contributed by atoms with Crippen molar-refractivity contribution in [2.75, 3.05) is 0 Å². The maximum atomic E-state index is 11.9. The van der Waals surface area contributed by atoms with Gasteiger partial charge in [-0.1, -0.05) is 50.5 Å². The summed E-state index contributed by atoms with van der Waals surface area (Å²) in [5, 5.41) is 22.3. The molecule has 0 bridgehead atoms. The minimum Gasteiger partial charge on any atom is -0.393 e. The van der Waals surface area contributed by atoms with Crippen molar-refractivity contribution >= 4 is 0 Å². The van der Waals surface area contributed by atoms with Crippen molar-refractivity contribution in [2.24, 2.45) is 29.1 Å². The van der Waals surface area contributed by atoms with Crippen molar-refractivity contribution in [3.63, 3.8) is 0 Å². The van der Waals surface area contributed by atoms with E-state index in [0.29, 0.717) is 30.1 Å². The maximum Gasteiger partial charge on any atom is 0.0756 e. The van der Waals surface area contributed by atoms with Crippen LogP contribution in [-0.2, 0) is 6.42 Å². The molecule has 28 heavy (non-hydrogen) atoms. The third kappa shape index (κ3) is 2.53. The molecule has 1 aromatic carbocycles. The van der Waals surface area contributed by atoms with Crippen LogP contribution in [0.2, 0.25) is 0 Å². The molecule has 0 spiro atoms. The summed E-state index contributed by atoms with van der Waals surface area (Å²) >= 11 is 0. The minimum absolute atomic E-state index is 0.0194. The highest BCUT2D eigenvalue weighted by molar-refractivity contribution is 5.39. The van der Waals surface area contributed by atoms with Crippen LogP contribution < -0.4 is 0 Å². The van der Waals surface area contributed by atoms with Crippen molar-refractivity contribution in [1.82, 2.24) is 0 Å². The molecule has 0 radical (unpaired) electrons. The van der Waals surface area contributed by atoms with Gasteiger partial charge < -0.3 is 10.2 Å². The molecule has 8 atom stereocenters. The second-order valence-electron chi connectivity index (χ2n) is 11.0. The zero-order valence-corrected chi connectivity index (χ0v) is 18.0. The molecule has 0 saturated heterocycles. The molecule has 4 aliphatic rings. The summed E-state index contributed by atoms with van der Waals surface area (Å²) in [7, 11) is 0. The van der Waals surface area contributed by atoms with Crippen LogP contribution in [0, 0.1) is 36.0 Å². The summed E-state index contributed by atoms with van der Waals surface area (Å²) in [6.45, 7) is 6.95. The second kappa shape index (κ2) is 6.57. The number of fused-ring (bicyclic) bond motifs is 7. The lowest BCUT2D eigenvalue weighted by molar-refractivity contribution is -0.160. The third-order valence-electron chi connectivity index (χ3n) is 9.70. The molecular weight excluding hydrogens is 344 g/mol. The van der Waals surface area contributed by atoms with Gasteiger partial charge in [0.15, 0.2) is 0 Å². The summed E-state index contributed by atoms with van der Waals surface area (Å²) in [5.41, 5.74) is 3.95. The Morgan fingerprint density at radius 3 is 2.79 bits per heavy atom. The van der Waals surface area contributed by atoms with Crippen molar-refractivity contribution < 1.29 is 10.2 Å². The number of aliphatic hydroxyl groups excluding tert-OH is 1. The summed E-state index contributed by atoms with van der Waals surface area (Å²) in [6, 6.07) is 7.18. The summed E-state index contributed by atoms with van der Waals surface area (Å²) < 4.78 is 0. The quantitative estimate of drug-likeness (QED) is 0.721. The summed E-state index contributed by atoms with van der Waals surface area (Å²) in [6.07, 6.45) is 9.49. The fourth-order valence-electron chi connectivity index (χ4n) is 8.45. The van der Waals surface area contributed by atoms with Crippen molar-refractivity contribution in [2.45, 2.75) is 96.2 Å². The van der Waals surface area contributed by atoms with E-state index in [9.17, 15) is 10.2 Å². The normalized spacial score (nSPS) is 47.0. The molecule has 1 aromatic rings. The molecule has 4 aliphatic carbocycles. The Morgan fingerprint density at radius 2 is 2.00 bits per heavy atom. The van der Waals surface area contributed by atoms with E-state index in [4.69, 9.17) is 0 Å². The van der Waals surface area contributed by atoms with Crippen LogP contribution in [0.25, 0.3) is 0 Å². The first-order chi connectivity index (χ1) is 13.4. The van der Waals surface area contributed by atoms with E-state index in [2.05, 4.69) is 39.0 Å². The second-order valence-corrected chi connectivity index (χ2v) is 11.0. The average Bonchev–Trinajstić information content (AvgIpc) is 2.88. The Hall–Kier alpha value is -0.860. The lowest BCUT2D eigenvalue weighted by atomic mass is 9.49. The van der Waals surface area contributed by atoms with Gasteiger partial charge in [0.05, 0.1) is 11.7 Å². The van der Waals surface area contributed by atoms with E-state index in [1.165, 1.54) is 37.7 Å². The van der Waals surface area contributed by atoms with E-state index >= 15 is 0 Å². The lowest BCUT2D eigenvalue weighted by Gasteiger charge is -2.56. The van der Waals surface area contributed by atoms with Crippen molar-refractivity contribution in [3.8, 4) is 0 Å². The number of benzene rings is 1. The molecule has 2 heteroatoms. The molecule has 2 N–H and O–H groups in total. The highest BCUT2D eigenvalue weighted by Crippen LogP contribution is 2.69. The summed E-state index contributed by atoms with van der Waals surface area (Å²) in [5.74, 6) is 3.14. The molecular formula is C26H38O2. The van der Waals surface area contributed by atoms with Gasteiger partial charge in [0.25, 0.3) is 0 Å². The standard InChI is InChI=1S/C26H38O2/c1-4-5-17-13-18-12-16(2)6-9-21(18)22-10-11-25(3)23(24(17)22)14-19-7-8-20(27)15-26(19,25)28/h6,9,12,17,19-20,22-24,27-28H,4-5,7-8,10-11,13-15H2,1-3H3/t17?,19-,20+,22?,23?,24?,25+,26+/m1/s1. The van der Waals surface area contributed by atoms with E-state index in [0.717, 1.165) is 25.2 Å². The van der Waals surface area contributed by atoms with Gasteiger partial charge in [-0.15, -0.1) is 0 Å².